The Morgan fingerprint density at radius 2 is 2.43 bits per heavy atom. The first-order valence-electron chi connectivity index (χ1n) is 3.79. The van der Waals surface area contributed by atoms with Crippen LogP contribution in [0.4, 0.5) is 4.39 Å². The van der Waals surface area contributed by atoms with Gasteiger partial charge in [0.1, 0.15) is 0 Å². The summed E-state index contributed by atoms with van der Waals surface area (Å²) in [6, 6.07) is 4.12. The van der Waals surface area contributed by atoms with Gasteiger partial charge in [-0.2, -0.15) is 9.65 Å². The number of pyridine rings is 1. The van der Waals surface area contributed by atoms with Gasteiger partial charge in [0, 0.05) is 6.07 Å². The van der Waals surface area contributed by atoms with Crippen molar-refractivity contribution in [2.24, 2.45) is 0 Å². The molecule has 1 aromatic heterocycles. The summed E-state index contributed by atoms with van der Waals surface area (Å²) in [5, 5.41) is 8.52. The fourth-order valence-corrected chi connectivity index (χ4v) is 0.926. The van der Waals surface area contributed by atoms with Gasteiger partial charge in [-0.05, 0) is 6.07 Å². The van der Waals surface area contributed by atoms with E-state index in [1.54, 1.807) is 6.07 Å². The zero-order chi connectivity index (χ0) is 10.6. The molecule has 0 spiro atoms. The highest BCUT2D eigenvalue weighted by Gasteiger charge is 2.07. The number of halogens is 1. The molecule has 0 fully saturated rings. The summed E-state index contributed by atoms with van der Waals surface area (Å²) >= 11 is 0. The lowest BCUT2D eigenvalue weighted by atomic mass is 10.2. The van der Waals surface area contributed by atoms with Crippen LogP contribution in [-0.4, -0.2) is 18.1 Å². The average Bonchev–Trinajstić information content (AvgIpc) is 2.16. The van der Waals surface area contributed by atoms with Crippen LogP contribution in [-0.2, 0) is 16.0 Å². The molecule has 0 amide bonds. The highest BCUT2D eigenvalue weighted by molar-refractivity contribution is 5.71. The predicted octanol–water partition coefficient (Wildman–Crippen LogP) is 0.808. The number of hydrogen-bond donors (Lipinski definition) is 0. The summed E-state index contributed by atoms with van der Waals surface area (Å²) in [7, 11) is 1.23. The van der Waals surface area contributed by atoms with Crippen LogP contribution in [0.1, 0.15) is 11.3 Å². The standard InChI is InChI=1S/C9H7FN2O2/c1-14-9(13)4-7-2-6(5-11)3-8(10)12-7/h2-3H,4H2,1H3. The summed E-state index contributed by atoms with van der Waals surface area (Å²) < 4.78 is 17.1. The summed E-state index contributed by atoms with van der Waals surface area (Å²) in [5.41, 5.74) is 0.324. The van der Waals surface area contributed by atoms with E-state index < -0.39 is 11.9 Å². The van der Waals surface area contributed by atoms with Crippen molar-refractivity contribution < 1.29 is 13.9 Å². The highest BCUT2D eigenvalue weighted by atomic mass is 19.1. The van der Waals surface area contributed by atoms with Crippen LogP contribution >= 0.6 is 0 Å². The quantitative estimate of drug-likeness (QED) is 0.516. The van der Waals surface area contributed by atoms with Crippen molar-refractivity contribution in [2.75, 3.05) is 7.11 Å². The predicted molar refractivity (Wildman–Crippen MR) is 44.6 cm³/mol. The van der Waals surface area contributed by atoms with Crippen molar-refractivity contribution in [3.8, 4) is 6.07 Å². The lowest BCUT2D eigenvalue weighted by molar-refractivity contribution is -0.139. The van der Waals surface area contributed by atoms with E-state index in [1.807, 2.05) is 0 Å². The zero-order valence-corrected chi connectivity index (χ0v) is 7.45. The molecule has 0 aliphatic carbocycles. The van der Waals surface area contributed by atoms with E-state index in [0.717, 1.165) is 6.07 Å². The largest absolute Gasteiger partial charge is 0.469 e. The molecule has 0 bridgehead atoms. The molecule has 14 heavy (non-hydrogen) atoms. The Kier molecular flexibility index (Phi) is 3.13. The Hall–Kier alpha value is -1.96. The molecule has 0 aromatic carbocycles. The van der Waals surface area contributed by atoms with Crippen molar-refractivity contribution in [1.82, 2.24) is 4.98 Å². The SMILES string of the molecule is COC(=O)Cc1cc(C#N)cc(F)n1. The van der Waals surface area contributed by atoms with Gasteiger partial charge < -0.3 is 4.74 Å². The fraction of sp³-hybridized carbons (Fsp3) is 0.222. The number of carbonyl (C=O) groups excluding carboxylic acids is 1. The second-order valence-corrected chi connectivity index (χ2v) is 2.53. The van der Waals surface area contributed by atoms with Crippen LogP contribution < -0.4 is 0 Å². The third kappa shape index (κ3) is 2.52. The molecule has 0 N–H and O–H groups in total. The Morgan fingerprint density at radius 3 is 3.00 bits per heavy atom. The molecule has 1 heterocycles. The number of carbonyl (C=O) groups is 1. The van der Waals surface area contributed by atoms with Crippen molar-refractivity contribution in [3.05, 3.63) is 29.3 Å². The van der Waals surface area contributed by atoms with Gasteiger partial charge in [-0.15, -0.1) is 0 Å². The molecular formula is C9H7FN2O2. The normalized spacial score (nSPS) is 9.21. The maximum Gasteiger partial charge on any atom is 0.311 e. The van der Waals surface area contributed by atoms with Gasteiger partial charge in [0.15, 0.2) is 0 Å². The Bertz CT molecular complexity index is 398. The van der Waals surface area contributed by atoms with E-state index in [0.29, 0.717) is 0 Å². The van der Waals surface area contributed by atoms with Gasteiger partial charge in [0.2, 0.25) is 5.95 Å². The molecule has 1 aromatic rings. The number of methoxy groups -OCH3 is 1. The first-order chi connectivity index (χ1) is 6.65. The van der Waals surface area contributed by atoms with Gasteiger partial charge >= 0.3 is 5.97 Å². The molecule has 0 saturated heterocycles. The minimum Gasteiger partial charge on any atom is -0.469 e. The molecule has 0 aliphatic rings. The highest BCUT2D eigenvalue weighted by Crippen LogP contribution is 2.05. The van der Waals surface area contributed by atoms with E-state index in [4.69, 9.17) is 5.26 Å². The third-order valence-corrected chi connectivity index (χ3v) is 1.53. The topological polar surface area (TPSA) is 63.0 Å². The van der Waals surface area contributed by atoms with Crippen LogP contribution in [0.5, 0.6) is 0 Å². The van der Waals surface area contributed by atoms with Crippen LogP contribution in [0.15, 0.2) is 12.1 Å². The third-order valence-electron chi connectivity index (χ3n) is 1.53. The van der Waals surface area contributed by atoms with Crippen molar-refractivity contribution in [1.29, 1.82) is 5.26 Å². The number of nitriles is 1. The van der Waals surface area contributed by atoms with Gasteiger partial charge in [-0.3, -0.25) is 4.79 Å². The maximum atomic E-state index is 12.8. The zero-order valence-electron chi connectivity index (χ0n) is 7.45. The molecule has 0 radical (unpaired) electrons. The second-order valence-electron chi connectivity index (χ2n) is 2.53. The van der Waals surface area contributed by atoms with Crippen molar-refractivity contribution in [3.63, 3.8) is 0 Å². The van der Waals surface area contributed by atoms with E-state index in [2.05, 4.69) is 9.72 Å². The van der Waals surface area contributed by atoms with E-state index >= 15 is 0 Å². The van der Waals surface area contributed by atoms with Gasteiger partial charge in [0.05, 0.1) is 30.9 Å². The number of ether oxygens (including phenoxy) is 1. The number of nitrogens with zero attached hydrogens (tertiary/aromatic N) is 2. The lowest BCUT2D eigenvalue weighted by Gasteiger charge is -1.99. The smallest absolute Gasteiger partial charge is 0.311 e. The Balaban J connectivity index is 2.93. The van der Waals surface area contributed by atoms with Crippen LogP contribution in [0.3, 0.4) is 0 Å². The molecular weight excluding hydrogens is 187 g/mol. The molecule has 0 aliphatic heterocycles. The summed E-state index contributed by atoms with van der Waals surface area (Å²) in [5.74, 6) is -1.30. The molecule has 0 atom stereocenters. The maximum absolute atomic E-state index is 12.8. The number of rotatable bonds is 2. The van der Waals surface area contributed by atoms with Crippen molar-refractivity contribution in [2.45, 2.75) is 6.42 Å². The molecule has 1 rings (SSSR count). The number of aromatic nitrogens is 1. The fourth-order valence-electron chi connectivity index (χ4n) is 0.926. The van der Waals surface area contributed by atoms with E-state index in [9.17, 15) is 9.18 Å². The second kappa shape index (κ2) is 4.33. The van der Waals surface area contributed by atoms with Gasteiger partial charge in [-0.1, -0.05) is 0 Å². The monoisotopic (exact) mass is 194 g/mol. The van der Waals surface area contributed by atoms with Crippen LogP contribution in [0.25, 0.3) is 0 Å². The molecule has 0 unspecified atom stereocenters. The number of hydrogen-bond acceptors (Lipinski definition) is 4. The minimum atomic E-state index is -0.775. The summed E-state index contributed by atoms with van der Waals surface area (Å²) in [6.45, 7) is 0. The number of esters is 1. The molecule has 4 nitrogen and oxygen atoms in total. The minimum absolute atomic E-state index is 0.136. The van der Waals surface area contributed by atoms with Gasteiger partial charge in [0.25, 0.3) is 0 Å². The van der Waals surface area contributed by atoms with Crippen LogP contribution in [0.2, 0.25) is 0 Å². The summed E-state index contributed by atoms with van der Waals surface area (Å²) in [6.07, 6.45) is -0.136. The van der Waals surface area contributed by atoms with Crippen molar-refractivity contribution >= 4 is 5.97 Å². The summed E-state index contributed by atoms with van der Waals surface area (Å²) in [4.78, 5) is 14.3. The first-order valence-corrected chi connectivity index (χ1v) is 3.79. The van der Waals surface area contributed by atoms with E-state index in [-0.39, 0.29) is 17.7 Å². The van der Waals surface area contributed by atoms with E-state index in [1.165, 1.54) is 13.2 Å². The van der Waals surface area contributed by atoms with Crippen LogP contribution in [0, 0.1) is 17.3 Å². The molecule has 72 valence electrons. The average molecular weight is 194 g/mol. The lowest BCUT2D eigenvalue weighted by Crippen LogP contribution is -2.07. The Labute approximate surface area is 79.9 Å². The van der Waals surface area contributed by atoms with Gasteiger partial charge in [-0.25, -0.2) is 4.98 Å². The Morgan fingerprint density at radius 1 is 1.71 bits per heavy atom. The molecule has 0 saturated carbocycles. The molecule has 5 heteroatoms. The first kappa shape index (κ1) is 10.1.